The van der Waals surface area contributed by atoms with E-state index in [9.17, 15) is 14.4 Å². The van der Waals surface area contributed by atoms with Crippen molar-refractivity contribution in [1.29, 1.82) is 0 Å². The van der Waals surface area contributed by atoms with Gasteiger partial charge in [-0.05, 0) is 36.2 Å². The summed E-state index contributed by atoms with van der Waals surface area (Å²) < 4.78 is 0.941. The van der Waals surface area contributed by atoms with Gasteiger partial charge in [0.05, 0.1) is 19.1 Å². The minimum atomic E-state index is -0.390. The first-order valence-corrected chi connectivity index (χ1v) is 8.97. The number of rotatable bonds is 5. The Bertz CT molecular complexity index is 835. The Morgan fingerprint density at radius 2 is 1.88 bits per heavy atom. The highest BCUT2D eigenvalue weighted by Crippen LogP contribution is 2.23. The van der Waals surface area contributed by atoms with Crippen LogP contribution in [-0.4, -0.2) is 29.3 Å². The molecule has 2 N–H and O–H groups in total. The molecule has 1 aliphatic rings. The lowest BCUT2D eigenvalue weighted by Crippen LogP contribution is -2.30. The lowest BCUT2D eigenvalue weighted by atomic mass is 10.1. The zero-order valence-corrected chi connectivity index (χ0v) is 15.7. The van der Waals surface area contributed by atoms with Crippen LogP contribution in [0.1, 0.15) is 34.5 Å². The molecule has 0 spiro atoms. The number of hydrogen-bond donors (Lipinski definition) is 2. The lowest BCUT2D eigenvalue weighted by molar-refractivity contribution is -0.125. The summed E-state index contributed by atoms with van der Waals surface area (Å²) in [5.74, 6) is -0.436. The number of nitrogens with one attached hydrogen (secondary N) is 2. The Hall–Kier alpha value is -2.67. The van der Waals surface area contributed by atoms with Crippen molar-refractivity contribution < 1.29 is 14.4 Å². The van der Waals surface area contributed by atoms with E-state index in [1.165, 1.54) is 0 Å². The van der Waals surface area contributed by atoms with E-state index in [1.807, 2.05) is 31.2 Å². The van der Waals surface area contributed by atoms with Crippen molar-refractivity contribution in [3.05, 3.63) is 69.7 Å². The Labute approximate surface area is 159 Å². The Balaban J connectivity index is 1.64. The van der Waals surface area contributed by atoms with Crippen LogP contribution in [0.15, 0.2) is 53.0 Å². The minimum absolute atomic E-state index is 0.0340. The van der Waals surface area contributed by atoms with Gasteiger partial charge in [0, 0.05) is 10.0 Å². The first-order valence-electron chi connectivity index (χ1n) is 8.18. The van der Waals surface area contributed by atoms with Gasteiger partial charge in [-0.2, -0.15) is 0 Å². The van der Waals surface area contributed by atoms with E-state index in [1.54, 1.807) is 24.3 Å². The fraction of sp³-hybridized carbons (Fsp3) is 0.211. The van der Waals surface area contributed by atoms with Crippen LogP contribution in [0.2, 0.25) is 0 Å². The van der Waals surface area contributed by atoms with Gasteiger partial charge in [-0.1, -0.05) is 46.3 Å². The molecule has 1 unspecified atom stereocenters. The number of halogens is 1. The SMILES string of the molecule is CC(NC(=O)c1ccc(CN2C(=O)CNC2=O)cc1)c1ccccc1Br. The standard InChI is InChI=1S/C19H18BrN3O3/c1-12(15-4-2-3-5-16(15)20)22-18(25)14-8-6-13(7-9-14)11-23-17(24)10-21-19(23)26/h2-9,12H,10-11H2,1H3,(H,21,26)(H,22,25). The monoisotopic (exact) mass is 415 g/mol. The van der Waals surface area contributed by atoms with Crippen LogP contribution in [0.25, 0.3) is 0 Å². The maximum atomic E-state index is 12.4. The third-order valence-electron chi connectivity index (χ3n) is 4.21. The van der Waals surface area contributed by atoms with Crippen LogP contribution in [0, 0.1) is 0 Å². The van der Waals surface area contributed by atoms with Gasteiger partial charge in [-0.25, -0.2) is 4.79 Å². The molecule has 26 heavy (non-hydrogen) atoms. The van der Waals surface area contributed by atoms with E-state index < -0.39 is 0 Å². The third-order valence-corrected chi connectivity index (χ3v) is 4.94. The van der Waals surface area contributed by atoms with Gasteiger partial charge in [0.2, 0.25) is 5.91 Å². The molecule has 4 amide bonds. The van der Waals surface area contributed by atoms with Gasteiger partial charge in [0.15, 0.2) is 0 Å². The van der Waals surface area contributed by atoms with Crippen LogP contribution >= 0.6 is 15.9 Å². The van der Waals surface area contributed by atoms with Crippen molar-refractivity contribution in [2.45, 2.75) is 19.5 Å². The van der Waals surface area contributed by atoms with Gasteiger partial charge in [0.1, 0.15) is 0 Å². The largest absolute Gasteiger partial charge is 0.345 e. The number of nitrogens with zero attached hydrogens (tertiary/aromatic N) is 1. The molecule has 1 aliphatic heterocycles. The van der Waals surface area contributed by atoms with Gasteiger partial charge in [-0.3, -0.25) is 14.5 Å². The smallest absolute Gasteiger partial charge is 0.324 e. The first kappa shape index (κ1) is 18.1. The molecular formula is C19H18BrN3O3. The fourth-order valence-corrected chi connectivity index (χ4v) is 3.37. The molecule has 6 nitrogen and oxygen atoms in total. The molecular weight excluding hydrogens is 398 g/mol. The number of urea groups is 1. The Morgan fingerprint density at radius 1 is 1.19 bits per heavy atom. The Kier molecular flexibility index (Phi) is 5.37. The molecule has 3 rings (SSSR count). The van der Waals surface area contributed by atoms with E-state index in [4.69, 9.17) is 0 Å². The van der Waals surface area contributed by atoms with Gasteiger partial charge in [-0.15, -0.1) is 0 Å². The summed E-state index contributed by atoms with van der Waals surface area (Å²) in [6, 6.07) is 14.1. The molecule has 2 aromatic carbocycles. The number of carbonyl (C=O) groups is 3. The summed E-state index contributed by atoms with van der Waals surface area (Å²) >= 11 is 3.49. The second-order valence-electron chi connectivity index (χ2n) is 6.05. The molecule has 1 saturated heterocycles. The average Bonchev–Trinajstić information content (AvgIpc) is 2.94. The number of imide groups is 1. The zero-order chi connectivity index (χ0) is 18.7. The molecule has 0 aliphatic carbocycles. The molecule has 7 heteroatoms. The summed E-state index contributed by atoms with van der Waals surface area (Å²) in [6.45, 7) is 2.15. The summed E-state index contributed by atoms with van der Waals surface area (Å²) in [5, 5.41) is 5.44. The van der Waals surface area contributed by atoms with Crippen molar-refractivity contribution >= 4 is 33.8 Å². The maximum absolute atomic E-state index is 12.4. The van der Waals surface area contributed by atoms with E-state index in [2.05, 4.69) is 26.6 Å². The number of benzene rings is 2. The fourth-order valence-electron chi connectivity index (χ4n) is 2.74. The molecule has 1 heterocycles. The number of hydrogen-bond acceptors (Lipinski definition) is 3. The average molecular weight is 416 g/mol. The van der Waals surface area contributed by atoms with Gasteiger partial charge >= 0.3 is 6.03 Å². The van der Waals surface area contributed by atoms with E-state index in [0.717, 1.165) is 20.5 Å². The predicted octanol–water partition coefficient (Wildman–Crippen LogP) is 2.99. The normalized spacial score (nSPS) is 14.9. The second-order valence-corrected chi connectivity index (χ2v) is 6.91. The highest BCUT2D eigenvalue weighted by atomic mass is 79.9. The van der Waals surface area contributed by atoms with Gasteiger partial charge < -0.3 is 10.6 Å². The van der Waals surface area contributed by atoms with Crippen LogP contribution < -0.4 is 10.6 Å². The van der Waals surface area contributed by atoms with Crippen LogP contribution in [0.4, 0.5) is 4.79 Å². The van der Waals surface area contributed by atoms with Crippen molar-refractivity contribution in [3.8, 4) is 0 Å². The topological polar surface area (TPSA) is 78.5 Å². The van der Waals surface area contributed by atoms with Crippen LogP contribution in [0.5, 0.6) is 0 Å². The first-order chi connectivity index (χ1) is 12.5. The molecule has 0 aromatic heterocycles. The lowest BCUT2D eigenvalue weighted by Gasteiger charge is -2.16. The highest BCUT2D eigenvalue weighted by molar-refractivity contribution is 9.10. The van der Waals surface area contributed by atoms with E-state index in [0.29, 0.717) is 5.56 Å². The summed E-state index contributed by atoms with van der Waals surface area (Å²) in [5.41, 5.74) is 2.30. The summed E-state index contributed by atoms with van der Waals surface area (Å²) in [6.07, 6.45) is 0. The Morgan fingerprint density at radius 3 is 2.50 bits per heavy atom. The van der Waals surface area contributed by atoms with Gasteiger partial charge in [0.25, 0.3) is 5.91 Å². The molecule has 0 radical (unpaired) electrons. The van der Waals surface area contributed by atoms with Crippen LogP contribution in [0.3, 0.4) is 0 Å². The summed E-state index contributed by atoms with van der Waals surface area (Å²) in [7, 11) is 0. The predicted molar refractivity (Wildman–Crippen MR) is 100 cm³/mol. The molecule has 0 saturated carbocycles. The van der Waals surface area contributed by atoms with Crippen molar-refractivity contribution in [1.82, 2.24) is 15.5 Å². The molecule has 2 aromatic rings. The number of amides is 4. The molecule has 1 atom stereocenters. The quantitative estimate of drug-likeness (QED) is 0.736. The molecule has 0 bridgehead atoms. The minimum Gasteiger partial charge on any atom is -0.345 e. The van der Waals surface area contributed by atoms with Crippen molar-refractivity contribution in [2.75, 3.05) is 6.54 Å². The van der Waals surface area contributed by atoms with E-state index in [-0.39, 0.29) is 37.0 Å². The van der Waals surface area contributed by atoms with Crippen LogP contribution in [-0.2, 0) is 11.3 Å². The number of carbonyl (C=O) groups excluding carboxylic acids is 3. The molecule has 134 valence electrons. The summed E-state index contributed by atoms with van der Waals surface area (Å²) in [4.78, 5) is 36.8. The third kappa shape index (κ3) is 3.94. The van der Waals surface area contributed by atoms with E-state index >= 15 is 0 Å². The van der Waals surface area contributed by atoms with Crippen molar-refractivity contribution in [2.24, 2.45) is 0 Å². The zero-order valence-electron chi connectivity index (χ0n) is 14.2. The highest BCUT2D eigenvalue weighted by Gasteiger charge is 2.28. The van der Waals surface area contributed by atoms with Crippen molar-refractivity contribution in [3.63, 3.8) is 0 Å². The second kappa shape index (κ2) is 7.70. The maximum Gasteiger partial charge on any atom is 0.324 e. The molecule has 1 fully saturated rings.